The fourth-order valence-electron chi connectivity index (χ4n) is 1.39. The predicted octanol–water partition coefficient (Wildman–Crippen LogP) is 4.52. The Morgan fingerprint density at radius 2 is 1.81 bits per heavy atom. The van der Waals surface area contributed by atoms with Gasteiger partial charge >= 0.3 is 0 Å². The normalized spacial score (nSPS) is 10.9. The maximum Gasteiger partial charge on any atom is -0.0188 e. The smallest absolute Gasteiger partial charge is 0.0188 e. The van der Waals surface area contributed by atoms with E-state index in [9.17, 15) is 0 Å². The number of hydrogen-bond donors (Lipinski definition) is 0. The van der Waals surface area contributed by atoms with Gasteiger partial charge in [0.05, 0.1) is 0 Å². The van der Waals surface area contributed by atoms with Gasteiger partial charge < -0.3 is 0 Å². The van der Waals surface area contributed by atoms with E-state index in [1.807, 2.05) is 0 Å². The highest BCUT2D eigenvalue weighted by Crippen LogP contribution is 2.05. The van der Waals surface area contributed by atoms with Gasteiger partial charge in [-0.05, 0) is 37.1 Å². The fourth-order valence-corrected chi connectivity index (χ4v) is 1.70. The Balaban J connectivity index is 0.00000225. The van der Waals surface area contributed by atoms with E-state index >= 15 is 0 Å². The van der Waals surface area contributed by atoms with Gasteiger partial charge in [0.2, 0.25) is 0 Å². The van der Waals surface area contributed by atoms with Crippen LogP contribution in [0.2, 0.25) is 0 Å². The second-order valence-corrected chi connectivity index (χ2v) is 4.15. The van der Waals surface area contributed by atoms with Crippen molar-refractivity contribution in [2.75, 3.05) is 0 Å². The first kappa shape index (κ1) is 15.6. The number of benzene rings is 1. The molecule has 0 heterocycles. The second-order valence-electron chi connectivity index (χ2n) is 3.53. The van der Waals surface area contributed by atoms with Crippen LogP contribution in [0.3, 0.4) is 0 Å². The monoisotopic (exact) mass is 298 g/mol. The third kappa shape index (κ3) is 6.25. The largest absolute Gasteiger partial charge is 0.114 e. The Kier molecular flexibility index (Phi) is 9.57. The molecule has 0 aliphatic heterocycles. The Morgan fingerprint density at radius 1 is 1.12 bits per heavy atom. The second kappa shape index (κ2) is 9.81. The number of unbranched alkanes of at least 4 members (excludes halogenated alkanes) is 2. The third-order valence-electron chi connectivity index (χ3n) is 2.27. The zero-order valence-corrected chi connectivity index (χ0v) is 12.6. The minimum absolute atomic E-state index is 0. The van der Waals surface area contributed by atoms with Crippen LogP contribution in [0.15, 0.2) is 42.5 Å². The standard InChI is InChI=1S/C14H19P.BrH/c1-2-3-4-5-6-7-10-13-11-8-9-12-14(13)15;/h2-3,7-12H,4-6,15H2,1H3;1H. The van der Waals surface area contributed by atoms with Crippen molar-refractivity contribution in [1.29, 1.82) is 0 Å². The molecule has 1 unspecified atom stereocenters. The van der Waals surface area contributed by atoms with Crippen molar-refractivity contribution in [2.24, 2.45) is 0 Å². The summed E-state index contributed by atoms with van der Waals surface area (Å²) >= 11 is 0. The summed E-state index contributed by atoms with van der Waals surface area (Å²) in [5.41, 5.74) is 1.30. The highest BCUT2D eigenvalue weighted by molar-refractivity contribution is 8.93. The molecule has 0 bridgehead atoms. The molecule has 1 aromatic rings. The molecule has 0 fully saturated rings. The van der Waals surface area contributed by atoms with Crippen LogP contribution < -0.4 is 5.30 Å². The van der Waals surface area contributed by atoms with E-state index in [-0.39, 0.29) is 17.0 Å². The minimum atomic E-state index is 0. The van der Waals surface area contributed by atoms with Crippen LogP contribution in [0, 0.1) is 0 Å². The average Bonchev–Trinajstić information content (AvgIpc) is 2.25. The molecule has 2 heteroatoms. The first-order chi connectivity index (χ1) is 7.34. The molecule has 1 rings (SSSR count). The van der Waals surface area contributed by atoms with Crippen LogP contribution in [0.25, 0.3) is 6.08 Å². The van der Waals surface area contributed by atoms with Crippen LogP contribution >= 0.6 is 26.2 Å². The Bertz CT molecular complexity index is 342. The van der Waals surface area contributed by atoms with Crippen LogP contribution in [0.1, 0.15) is 31.7 Å². The van der Waals surface area contributed by atoms with Gasteiger partial charge in [-0.3, -0.25) is 0 Å². The SMILES string of the molecule is Br.CC=CCCCC=Cc1ccccc1P. The molecule has 0 nitrogen and oxygen atoms in total. The molecule has 0 aromatic heterocycles. The zero-order valence-electron chi connectivity index (χ0n) is 9.73. The summed E-state index contributed by atoms with van der Waals surface area (Å²) < 4.78 is 0. The fraction of sp³-hybridized carbons (Fsp3) is 0.286. The van der Waals surface area contributed by atoms with E-state index in [1.165, 1.54) is 23.7 Å². The zero-order chi connectivity index (χ0) is 10.9. The van der Waals surface area contributed by atoms with Crippen LogP contribution in [-0.4, -0.2) is 0 Å². The number of halogens is 1. The van der Waals surface area contributed by atoms with E-state index < -0.39 is 0 Å². The Morgan fingerprint density at radius 3 is 2.50 bits per heavy atom. The van der Waals surface area contributed by atoms with Crippen molar-refractivity contribution < 1.29 is 0 Å². The van der Waals surface area contributed by atoms with Gasteiger partial charge in [0.15, 0.2) is 0 Å². The molecule has 0 saturated heterocycles. The lowest BCUT2D eigenvalue weighted by Gasteiger charge is -1.97. The lowest BCUT2D eigenvalue weighted by atomic mass is 10.1. The molecule has 0 saturated carbocycles. The summed E-state index contributed by atoms with van der Waals surface area (Å²) in [5, 5.41) is 1.27. The van der Waals surface area contributed by atoms with Crippen molar-refractivity contribution in [3.63, 3.8) is 0 Å². The summed E-state index contributed by atoms with van der Waals surface area (Å²) in [6.45, 7) is 2.07. The van der Waals surface area contributed by atoms with Gasteiger partial charge in [0, 0.05) is 0 Å². The molecular formula is C14H20BrP. The van der Waals surface area contributed by atoms with Gasteiger partial charge in [0.25, 0.3) is 0 Å². The predicted molar refractivity (Wildman–Crippen MR) is 83.8 cm³/mol. The molecular weight excluding hydrogens is 279 g/mol. The van der Waals surface area contributed by atoms with E-state index in [0.717, 1.165) is 6.42 Å². The molecule has 0 N–H and O–H groups in total. The first-order valence-electron chi connectivity index (χ1n) is 5.47. The minimum Gasteiger partial charge on any atom is -0.114 e. The summed E-state index contributed by atoms with van der Waals surface area (Å²) in [5.74, 6) is 0. The van der Waals surface area contributed by atoms with Gasteiger partial charge in [0.1, 0.15) is 0 Å². The molecule has 0 radical (unpaired) electrons. The third-order valence-corrected chi connectivity index (χ3v) is 2.80. The van der Waals surface area contributed by atoms with E-state index in [1.54, 1.807) is 0 Å². The molecule has 1 aromatic carbocycles. The molecule has 1 atom stereocenters. The van der Waals surface area contributed by atoms with Gasteiger partial charge in [-0.1, -0.05) is 48.6 Å². The summed E-state index contributed by atoms with van der Waals surface area (Å²) in [6, 6.07) is 8.40. The quantitative estimate of drug-likeness (QED) is 0.426. The molecule has 88 valence electrons. The summed E-state index contributed by atoms with van der Waals surface area (Å²) in [7, 11) is 2.76. The van der Waals surface area contributed by atoms with E-state index in [0.29, 0.717) is 0 Å². The number of hydrogen-bond acceptors (Lipinski definition) is 0. The van der Waals surface area contributed by atoms with Gasteiger partial charge in [-0.2, -0.15) is 0 Å². The highest BCUT2D eigenvalue weighted by atomic mass is 79.9. The summed E-state index contributed by atoms with van der Waals surface area (Å²) in [4.78, 5) is 0. The van der Waals surface area contributed by atoms with E-state index in [4.69, 9.17) is 0 Å². The average molecular weight is 299 g/mol. The molecule has 0 aliphatic rings. The maximum absolute atomic E-state index is 2.76. The highest BCUT2D eigenvalue weighted by Gasteiger charge is 1.90. The van der Waals surface area contributed by atoms with Crippen LogP contribution in [0.5, 0.6) is 0 Å². The van der Waals surface area contributed by atoms with Crippen LogP contribution in [-0.2, 0) is 0 Å². The van der Waals surface area contributed by atoms with E-state index in [2.05, 4.69) is 64.7 Å². The van der Waals surface area contributed by atoms with Crippen molar-refractivity contribution in [3.8, 4) is 0 Å². The molecule has 0 amide bonds. The lowest BCUT2D eigenvalue weighted by Crippen LogP contribution is -1.93. The topological polar surface area (TPSA) is 0 Å². The van der Waals surface area contributed by atoms with Crippen LogP contribution in [0.4, 0.5) is 0 Å². The number of allylic oxidation sites excluding steroid dienone is 3. The maximum atomic E-state index is 2.76. The molecule has 0 aliphatic carbocycles. The van der Waals surface area contributed by atoms with Crippen molar-refractivity contribution in [1.82, 2.24) is 0 Å². The van der Waals surface area contributed by atoms with Gasteiger partial charge in [-0.25, -0.2) is 0 Å². The Hall–Kier alpha value is -0.390. The number of rotatable bonds is 5. The first-order valence-corrected chi connectivity index (χ1v) is 6.04. The Labute approximate surface area is 112 Å². The molecule has 0 spiro atoms. The van der Waals surface area contributed by atoms with Gasteiger partial charge in [-0.15, -0.1) is 26.2 Å². The van der Waals surface area contributed by atoms with Crippen molar-refractivity contribution >= 4 is 37.6 Å². The van der Waals surface area contributed by atoms with Crippen molar-refractivity contribution in [3.05, 3.63) is 48.1 Å². The summed E-state index contributed by atoms with van der Waals surface area (Å²) in [6.07, 6.45) is 12.4. The lowest BCUT2D eigenvalue weighted by molar-refractivity contribution is 0.869. The molecule has 16 heavy (non-hydrogen) atoms. The van der Waals surface area contributed by atoms with Crippen molar-refractivity contribution in [2.45, 2.75) is 26.2 Å².